The highest BCUT2D eigenvalue weighted by molar-refractivity contribution is 7.92. The smallest absolute Gasteiger partial charge is 0.264 e. The van der Waals surface area contributed by atoms with Crippen LogP contribution in [0.3, 0.4) is 0 Å². The number of carbonyl (C=O) groups is 1. The van der Waals surface area contributed by atoms with E-state index in [0.717, 1.165) is 28.6 Å². The minimum absolute atomic E-state index is 0.000779. The van der Waals surface area contributed by atoms with Crippen molar-refractivity contribution in [2.45, 2.75) is 4.90 Å². The number of ether oxygens (including phenoxy) is 1. The summed E-state index contributed by atoms with van der Waals surface area (Å²) in [6.07, 6.45) is 0. The average molecular weight is 421 g/mol. The van der Waals surface area contributed by atoms with Crippen molar-refractivity contribution in [3.05, 3.63) is 52.3 Å². The van der Waals surface area contributed by atoms with Crippen molar-refractivity contribution in [1.29, 1.82) is 0 Å². The SMILES string of the molecule is CNC(=O)CN(c1cc(OC)c(Cl)cc1Cl)S(=O)(=O)c1ccc(F)cc1. The van der Waals surface area contributed by atoms with E-state index >= 15 is 0 Å². The topological polar surface area (TPSA) is 75.7 Å². The number of carbonyl (C=O) groups excluding carboxylic acids is 1. The zero-order chi connectivity index (χ0) is 19.5. The van der Waals surface area contributed by atoms with Gasteiger partial charge in [-0.15, -0.1) is 0 Å². The maximum absolute atomic E-state index is 13.1. The molecular weight excluding hydrogens is 406 g/mol. The number of likely N-dealkylation sites (N-methyl/N-ethyl adjacent to an activating group) is 1. The van der Waals surface area contributed by atoms with E-state index in [4.69, 9.17) is 27.9 Å². The van der Waals surface area contributed by atoms with Gasteiger partial charge in [0, 0.05) is 13.1 Å². The molecule has 2 rings (SSSR count). The van der Waals surface area contributed by atoms with Crippen LogP contribution in [-0.2, 0) is 14.8 Å². The van der Waals surface area contributed by atoms with Crippen LogP contribution in [0.15, 0.2) is 41.3 Å². The van der Waals surface area contributed by atoms with Crippen LogP contribution >= 0.6 is 23.2 Å². The highest BCUT2D eigenvalue weighted by Crippen LogP contribution is 2.38. The number of amides is 1. The second-order valence-corrected chi connectivity index (χ2v) is 7.75. The Kier molecular flexibility index (Phi) is 6.33. The minimum atomic E-state index is -4.21. The number of nitrogens with zero attached hydrogens (tertiary/aromatic N) is 1. The molecule has 0 aromatic heterocycles. The molecule has 1 N–H and O–H groups in total. The summed E-state index contributed by atoms with van der Waals surface area (Å²) in [5.41, 5.74) is 0.000779. The second-order valence-electron chi connectivity index (χ2n) is 5.08. The van der Waals surface area contributed by atoms with Crippen molar-refractivity contribution >= 4 is 44.8 Å². The number of sulfonamides is 1. The lowest BCUT2D eigenvalue weighted by Gasteiger charge is -2.25. The van der Waals surface area contributed by atoms with Gasteiger partial charge < -0.3 is 10.1 Å². The van der Waals surface area contributed by atoms with E-state index in [2.05, 4.69) is 5.32 Å². The van der Waals surface area contributed by atoms with Gasteiger partial charge in [0.2, 0.25) is 5.91 Å². The summed E-state index contributed by atoms with van der Waals surface area (Å²) in [5.74, 6) is -0.976. The molecule has 0 radical (unpaired) electrons. The van der Waals surface area contributed by atoms with E-state index in [1.807, 2.05) is 0 Å². The third-order valence-corrected chi connectivity index (χ3v) is 5.83. The Morgan fingerprint density at radius 2 is 1.81 bits per heavy atom. The lowest BCUT2D eigenvalue weighted by molar-refractivity contribution is -0.119. The molecule has 0 bridgehead atoms. The predicted molar refractivity (Wildman–Crippen MR) is 98.0 cm³/mol. The second kappa shape index (κ2) is 8.11. The first-order chi connectivity index (χ1) is 12.2. The third-order valence-electron chi connectivity index (χ3n) is 3.46. The van der Waals surface area contributed by atoms with E-state index in [0.29, 0.717) is 0 Å². The van der Waals surface area contributed by atoms with Crippen LogP contribution in [0.4, 0.5) is 10.1 Å². The Morgan fingerprint density at radius 1 is 1.19 bits per heavy atom. The lowest BCUT2D eigenvalue weighted by Crippen LogP contribution is -2.40. The Labute approximate surface area is 160 Å². The van der Waals surface area contributed by atoms with E-state index in [1.54, 1.807) is 0 Å². The fourth-order valence-electron chi connectivity index (χ4n) is 2.11. The molecule has 0 spiro atoms. The first-order valence-corrected chi connectivity index (χ1v) is 9.42. The van der Waals surface area contributed by atoms with E-state index in [9.17, 15) is 17.6 Å². The minimum Gasteiger partial charge on any atom is -0.495 e. The maximum Gasteiger partial charge on any atom is 0.264 e. The predicted octanol–water partition coefficient (Wildman–Crippen LogP) is 3.08. The van der Waals surface area contributed by atoms with Gasteiger partial charge in [0.15, 0.2) is 0 Å². The van der Waals surface area contributed by atoms with Gasteiger partial charge in [-0.05, 0) is 30.3 Å². The van der Waals surface area contributed by atoms with Crippen molar-refractivity contribution in [1.82, 2.24) is 5.32 Å². The first kappa shape index (κ1) is 20.3. The Balaban J connectivity index is 2.64. The summed E-state index contributed by atoms with van der Waals surface area (Å²) < 4.78 is 45.1. The summed E-state index contributed by atoms with van der Waals surface area (Å²) in [6, 6.07) is 6.85. The number of anilines is 1. The Hall–Kier alpha value is -2.03. The first-order valence-electron chi connectivity index (χ1n) is 7.22. The van der Waals surface area contributed by atoms with Crippen LogP contribution in [0, 0.1) is 5.82 Å². The number of halogens is 3. The van der Waals surface area contributed by atoms with Crippen LogP contribution in [-0.4, -0.2) is 35.0 Å². The molecule has 0 saturated carbocycles. The average Bonchev–Trinajstić information content (AvgIpc) is 2.60. The number of hydrogen-bond donors (Lipinski definition) is 1. The summed E-state index contributed by atoms with van der Waals surface area (Å²) >= 11 is 12.2. The molecule has 2 aromatic rings. The molecule has 0 aliphatic heterocycles. The largest absolute Gasteiger partial charge is 0.495 e. The maximum atomic E-state index is 13.1. The number of methoxy groups -OCH3 is 1. The third kappa shape index (κ3) is 4.20. The van der Waals surface area contributed by atoms with Gasteiger partial charge >= 0.3 is 0 Å². The summed E-state index contributed by atoms with van der Waals surface area (Å²) in [5, 5.41) is 2.54. The van der Waals surface area contributed by atoms with Crippen LogP contribution in [0.2, 0.25) is 10.0 Å². The molecule has 0 fully saturated rings. The summed E-state index contributed by atoms with van der Waals surface area (Å²) in [4.78, 5) is 11.7. The number of nitrogens with one attached hydrogen (secondary N) is 1. The van der Waals surface area contributed by atoms with Crippen LogP contribution in [0.25, 0.3) is 0 Å². The van der Waals surface area contributed by atoms with Crippen molar-refractivity contribution in [3.63, 3.8) is 0 Å². The molecule has 0 aliphatic carbocycles. The molecule has 0 unspecified atom stereocenters. The highest BCUT2D eigenvalue weighted by atomic mass is 35.5. The van der Waals surface area contributed by atoms with Gasteiger partial charge in [0.1, 0.15) is 18.1 Å². The highest BCUT2D eigenvalue weighted by Gasteiger charge is 2.29. The van der Waals surface area contributed by atoms with Gasteiger partial charge in [-0.25, -0.2) is 12.8 Å². The molecule has 10 heteroatoms. The standard InChI is InChI=1S/C16H15Cl2FN2O4S/c1-20-16(22)9-21(14-8-15(25-2)13(18)7-12(14)17)26(23,24)11-5-3-10(19)4-6-11/h3-8H,9H2,1-2H3,(H,20,22). The van der Waals surface area contributed by atoms with Crippen LogP contribution < -0.4 is 14.4 Å². The van der Waals surface area contributed by atoms with Crippen molar-refractivity contribution in [2.24, 2.45) is 0 Å². The lowest BCUT2D eigenvalue weighted by atomic mass is 10.3. The molecular formula is C16H15Cl2FN2O4S. The number of rotatable bonds is 6. The summed E-state index contributed by atoms with van der Waals surface area (Å²) in [6.45, 7) is -0.541. The van der Waals surface area contributed by atoms with Crippen LogP contribution in [0.5, 0.6) is 5.75 Å². The zero-order valence-corrected chi connectivity index (χ0v) is 16.1. The normalized spacial score (nSPS) is 11.1. The molecule has 2 aromatic carbocycles. The van der Waals surface area contributed by atoms with Crippen molar-refractivity contribution in [2.75, 3.05) is 25.0 Å². The molecule has 0 aliphatic rings. The Bertz CT molecular complexity index is 921. The van der Waals surface area contributed by atoms with Gasteiger partial charge in [-0.2, -0.15) is 0 Å². The van der Waals surface area contributed by atoms with E-state index < -0.39 is 28.3 Å². The van der Waals surface area contributed by atoms with Gasteiger partial charge in [0.05, 0.1) is 27.7 Å². The van der Waals surface area contributed by atoms with Crippen LogP contribution in [0.1, 0.15) is 0 Å². The molecule has 0 saturated heterocycles. The zero-order valence-electron chi connectivity index (χ0n) is 13.8. The molecule has 6 nitrogen and oxygen atoms in total. The molecule has 0 atom stereocenters. The van der Waals surface area contributed by atoms with Gasteiger partial charge in [-0.1, -0.05) is 23.2 Å². The summed E-state index contributed by atoms with van der Waals surface area (Å²) in [7, 11) is -1.49. The quantitative estimate of drug-likeness (QED) is 0.778. The number of benzene rings is 2. The van der Waals surface area contributed by atoms with E-state index in [-0.39, 0.29) is 26.4 Å². The fourth-order valence-corrected chi connectivity index (χ4v) is 4.15. The van der Waals surface area contributed by atoms with Crippen molar-refractivity contribution in [3.8, 4) is 5.75 Å². The molecule has 1 amide bonds. The monoisotopic (exact) mass is 420 g/mol. The van der Waals surface area contributed by atoms with Gasteiger partial charge in [-0.3, -0.25) is 9.10 Å². The molecule has 26 heavy (non-hydrogen) atoms. The van der Waals surface area contributed by atoms with Gasteiger partial charge in [0.25, 0.3) is 10.0 Å². The number of hydrogen-bond acceptors (Lipinski definition) is 4. The fraction of sp³-hybridized carbons (Fsp3) is 0.188. The molecule has 0 heterocycles. The Morgan fingerprint density at radius 3 is 2.35 bits per heavy atom. The van der Waals surface area contributed by atoms with E-state index in [1.165, 1.54) is 26.3 Å². The molecule has 140 valence electrons. The van der Waals surface area contributed by atoms with Crippen molar-refractivity contribution < 1.29 is 22.3 Å².